The number of nitrogens with one attached hydrogen (secondary N) is 1. The number of hydrogen-bond donors (Lipinski definition) is 1. The molecule has 0 aliphatic heterocycles. The minimum atomic E-state index is 0.0176. The lowest BCUT2D eigenvalue weighted by atomic mass is 10.3. The van der Waals surface area contributed by atoms with Gasteiger partial charge >= 0.3 is 0 Å². The van der Waals surface area contributed by atoms with Crippen molar-refractivity contribution in [3.8, 4) is 0 Å². The SMILES string of the molecule is CCOC1CC1C(=O)NCc1cc(C)no1. The summed E-state index contributed by atoms with van der Waals surface area (Å²) in [6.45, 7) is 4.84. The van der Waals surface area contributed by atoms with Gasteiger partial charge in [-0.15, -0.1) is 0 Å². The summed E-state index contributed by atoms with van der Waals surface area (Å²) in [6, 6.07) is 1.81. The molecule has 2 unspecified atom stereocenters. The van der Waals surface area contributed by atoms with Crippen LogP contribution >= 0.6 is 0 Å². The van der Waals surface area contributed by atoms with Crippen molar-refractivity contribution in [2.24, 2.45) is 5.92 Å². The van der Waals surface area contributed by atoms with E-state index < -0.39 is 0 Å². The van der Waals surface area contributed by atoms with Gasteiger partial charge in [0.15, 0.2) is 5.76 Å². The molecule has 1 amide bonds. The van der Waals surface area contributed by atoms with E-state index in [2.05, 4.69) is 10.5 Å². The molecule has 88 valence electrons. The molecular weight excluding hydrogens is 208 g/mol. The third-order valence-electron chi connectivity index (χ3n) is 2.56. The van der Waals surface area contributed by atoms with Crippen LogP contribution in [0.4, 0.5) is 0 Å². The van der Waals surface area contributed by atoms with Crippen molar-refractivity contribution in [3.63, 3.8) is 0 Å². The van der Waals surface area contributed by atoms with Crippen molar-refractivity contribution in [1.82, 2.24) is 10.5 Å². The molecule has 5 heteroatoms. The van der Waals surface area contributed by atoms with Gasteiger partial charge in [-0.1, -0.05) is 5.16 Å². The van der Waals surface area contributed by atoms with E-state index in [1.54, 1.807) is 0 Å². The largest absolute Gasteiger partial charge is 0.378 e. The van der Waals surface area contributed by atoms with Crippen molar-refractivity contribution >= 4 is 5.91 Å². The van der Waals surface area contributed by atoms with Crippen LogP contribution in [0.25, 0.3) is 0 Å². The number of nitrogens with zero attached hydrogens (tertiary/aromatic N) is 1. The molecule has 0 spiro atoms. The number of carbonyl (C=O) groups excluding carboxylic acids is 1. The van der Waals surface area contributed by atoms with E-state index >= 15 is 0 Å². The van der Waals surface area contributed by atoms with Gasteiger partial charge in [-0.2, -0.15) is 0 Å². The molecule has 0 aromatic carbocycles. The molecule has 16 heavy (non-hydrogen) atoms. The lowest BCUT2D eigenvalue weighted by molar-refractivity contribution is -0.123. The second kappa shape index (κ2) is 4.65. The van der Waals surface area contributed by atoms with E-state index in [1.165, 1.54) is 0 Å². The Balaban J connectivity index is 1.73. The van der Waals surface area contributed by atoms with Crippen molar-refractivity contribution in [2.45, 2.75) is 32.9 Å². The summed E-state index contributed by atoms with van der Waals surface area (Å²) in [5, 5.41) is 6.56. The fourth-order valence-electron chi connectivity index (χ4n) is 1.65. The maximum atomic E-state index is 11.6. The summed E-state index contributed by atoms with van der Waals surface area (Å²) in [7, 11) is 0. The predicted molar refractivity (Wildman–Crippen MR) is 56.6 cm³/mol. The minimum Gasteiger partial charge on any atom is -0.378 e. The normalized spacial score (nSPS) is 23.1. The average molecular weight is 224 g/mol. The van der Waals surface area contributed by atoms with E-state index in [1.807, 2.05) is 19.9 Å². The second-order valence-electron chi connectivity index (χ2n) is 3.99. The summed E-state index contributed by atoms with van der Waals surface area (Å²) in [5.74, 6) is 0.732. The van der Waals surface area contributed by atoms with Gasteiger partial charge in [-0.05, 0) is 20.3 Å². The van der Waals surface area contributed by atoms with E-state index in [0.29, 0.717) is 18.9 Å². The summed E-state index contributed by atoms with van der Waals surface area (Å²) in [4.78, 5) is 11.6. The Morgan fingerprint density at radius 2 is 2.56 bits per heavy atom. The van der Waals surface area contributed by atoms with Crippen LogP contribution in [0.3, 0.4) is 0 Å². The molecule has 5 nitrogen and oxygen atoms in total. The number of aromatic nitrogens is 1. The fourth-order valence-corrected chi connectivity index (χ4v) is 1.65. The molecular formula is C11H16N2O3. The molecule has 1 aromatic rings. The Morgan fingerprint density at radius 3 is 3.19 bits per heavy atom. The molecule has 2 atom stereocenters. The monoisotopic (exact) mass is 224 g/mol. The highest BCUT2D eigenvalue weighted by atomic mass is 16.5. The fraction of sp³-hybridized carbons (Fsp3) is 0.636. The van der Waals surface area contributed by atoms with Gasteiger partial charge < -0.3 is 14.6 Å². The van der Waals surface area contributed by atoms with Crippen molar-refractivity contribution in [2.75, 3.05) is 6.61 Å². The van der Waals surface area contributed by atoms with E-state index in [4.69, 9.17) is 9.26 Å². The van der Waals surface area contributed by atoms with Gasteiger partial charge in [0.1, 0.15) is 0 Å². The molecule has 0 bridgehead atoms. The van der Waals surface area contributed by atoms with Crippen LogP contribution in [0.5, 0.6) is 0 Å². The first-order valence-corrected chi connectivity index (χ1v) is 5.52. The highest BCUT2D eigenvalue weighted by molar-refractivity contribution is 5.81. The highest BCUT2D eigenvalue weighted by Crippen LogP contribution is 2.33. The summed E-state index contributed by atoms with van der Waals surface area (Å²) < 4.78 is 10.3. The Labute approximate surface area is 94.1 Å². The number of rotatable bonds is 5. The van der Waals surface area contributed by atoms with Crippen LogP contribution in [-0.4, -0.2) is 23.8 Å². The zero-order chi connectivity index (χ0) is 11.5. The van der Waals surface area contributed by atoms with Gasteiger partial charge in [-0.3, -0.25) is 4.79 Å². The molecule has 1 aromatic heterocycles. The van der Waals surface area contributed by atoms with Crippen LogP contribution in [-0.2, 0) is 16.1 Å². The predicted octanol–water partition coefficient (Wildman–Crippen LogP) is 1.02. The summed E-state index contributed by atoms with van der Waals surface area (Å²) in [6.07, 6.45) is 0.941. The topological polar surface area (TPSA) is 64.4 Å². The third-order valence-corrected chi connectivity index (χ3v) is 2.56. The summed E-state index contributed by atoms with van der Waals surface area (Å²) in [5.41, 5.74) is 0.822. The molecule has 2 rings (SSSR count). The number of hydrogen-bond acceptors (Lipinski definition) is 4. The van der Waals surface area contributed by atoms with E-state index in [-0.39, 0.29) is 17.9 Å². The molecule has 1 saturated carbocycles. The molecule has 1 N–H and O–H groups in total. The quantitative estimate of drug-likeness (QED) is 0.811. The molecule has 1 heterocycles. The Bertz CT molecular complexity index is 375. The maximum absolute atomic E-state index is 11.6. The second-order valence-corrected chi connectivity index (χ2v) is 3.99. The maximum Gasteiger partial charge on any atom is 0.226 e. The highest BCUT2D eigenvalue weighted by Gasteiger charge is 2.43. The molecule has 0 saturated heterocycles. The first-order chi connectivity index (χ1) is 7.70. The van der Waals surface area contributed by atoms with Crippen LogP contribution in [0.1, 0.15) is 24.8 Å². The van der Waals surface area contributed by atoms with Gasteiger partial charge in [0, 0.05) is 12.7 Å². The van der Waals surface area contributed by atoms with E-state index in [9.17, 15) is 4.79 Å². The summed E-state index contributed by atoms with van der Waals surface area (Å²) >= 11 is 0. The van der Waals surface area contributed by atoms with Gasteiger partial charge in [0.25, 0.3) is 0 Å². The molecule has 1 fully saturated rings. The number of carbonyl (C=O) groups is 1. The van der Waals surface area contributed by atoms with Crippen molar-refractivity contribution < 1.29 is 14.1 Å². The first kappa shape index (κ1) is 11.1. The number of amides is 1. The standard InChI is InChI=1S/C11H16N2O3/c1-3-15-10-5-9(10)11(14)12-6-8-4-7(2)13-16-8/h4,9-10H,3,5-6H2,1-2H3,(H,12,14). The zero-order valence-electron chi connectivity index (χ0n) is 9.53. The van der Waals surface area contributed by atoms with Crippen LogP contribution in [0, 0.1) is 12.8 Å². The molecule has 1 aliphatic rings. The molecule has 1 aliphatic carbocycles. The number of ether oxygens (including phenoxy) is 1. The minimum absolute atomic E-state index is 0.0176. The molecule has 0 radical (unpaired) electrons. The van der Waals surface area contributed by atoms with Crippen LogP contribution < -0.4 is 5.32 Å². The lowest BCUT2D eigenvalue weighted by Gasteiger charge is -2.02. The zero-order valence-corrected chi connectivity index (χ0v) is 9.53. The van der Waals surface area contributed by atoms with Gasteiger partial charge in [0.2, 0.25) is 5.91 Å². The third kappa shape index (κ3) is 2.61. The first-order valence-electron chi connectivity index (χ1n) is 5.52. The van der Waals surface area contributed by atoms with Gasteiger partial charge in [-0.25, -0.2) is 0 Å². The van der Waals surface area contributed by atoms with Gasteiger partial charge in [0.05, 0.1) is 24.3 Å². The lowest BCUT2D eigenvalue weighted by Crippen LogP contribution is -2.25. The Kier molecular flexibility index (Phi) is 3.24. The van der Waals surface area contributed by atoms with E-state index in [0.717, 1.165) is 12.1 Å². The van der Waals surface area contributed by atoms with Crippen molar-refractivity contribution in [1.29, 1.82) is 0 Å². The van der Waals surface area contributed by atoms with Crippen LogP contribution in [0.15, 0.2) is 10.6 Å². The van der Waals surface area contributed by atoms with Crippen LogP contribution in [0.2, 0.25) is 0 Å². The smallest absolute Gasteiger partial charge is 0.226 e. The van der Waals surface area contributed by atoms with Crippen molar-refractivity contribution in [3.05, 3.63) is 17.5 Å². The number of aryl methyl sites for hydroxylation is 1. The Morgan fingerprint density at radius 1 is 1.75 bits per heavy atom. The Hall–Kier alpha value is -1.36. The average Bonchev–Trinajstić information content (AvgIpc) is 2.90.